The number of hydrogen-bond acceptors (Lipinski definition) is 3. The van der Waals surface area contributed by atoms with Gasteiger partial charge in [0.25, 0.3) is 0 Å². The molecule has 0 radical (unpaired) electrons. The first-order chi connectivity index (χ1) is 10.3. The van der Waals surface area contributed by atoms with Crippen molar-refractivity contribution in [1.82, 2.24) is 15.5 Å². The number of amides is 3. The Hall–Kier alpha value is -1.88. The van der Waals surface area contributed by atoms with E-state index >= 15 is 0 Å². The topological polar surface area (TPSA) is 61.4 Å². The van der Waals surface area contributed by atoms with E-state index in [1.54, 1.807) is 0 Å². The molecule has 1 aliphatic heterocycles. The number of nitrogens with one attached hydrogen (secondary N) is 2. The van der Waals surface area contributed by atoms with E-state index < -0.39 is 0 Å². The highest BCUT2D eigenvalue weighted by Crippen LogP contribution is 2.32. The van der Waals surface area contributed by atoms with Gasteiger partial charge in [0.1, 0.15) is 0 Å². The quantitative estimate of drug-likeness (QED) is 0.820. The highest BCUT2D eigenvalue weighted by atomic mass is 16.2. The molecule has 2 N–H and O–H groups in total. The van der Waals surface area contributed by atoms with Crippen molar-refractivity contribution in [3.8, 4) is 0 Å². The van der Waals surface area contributed by atoms with Gasteiger partial charge in [-0.3, -0.25) is 9.69 Å². The fraction of sp³-hybridized carbons (Fsp3) is 0.529. The summed E-state index contributed by atoms with van der Waals surface area (Å²) in [4.78, 5) is 24.4. The molecule has 1 heterocycles. The normalized spacial score (nSPS) is 16.8. The van der Waals surface area contributed by atoms with Crippen LogP contribution in [-0.2, 0) is 4.79 Å². The van der Waals surface area contributed by atoms with Gasteiger partial charge in [0.2, 0.25) is 5.91 Å². The Bertz CT molecular complexity index is 547. The van der Waals surface area contributed by atoms with Gasteiger partial charge in [-0.05, 0) is 17.9 Å². The zero-order chi connectivity index (χ0) is 16.3. The predicted molar refractivity (Wildman–Crippen MR) is 86.5 cm³/mol. The van der Waals surface area contributed by atoms with Crippen LogP contribution in [0.25, 0.3) is 0 Å². The van der Waals surface area contributed by atoms with Gasteiger partial charge in [-0.1, -0.05) is 50.6 Å². The number of benzene rings is 1. The van der Waals surface area contributed by atoms with E-state index in [2.05, 4.69) is 62.6 Å². The van der Waals surface area contributed by atoms with Gasteiger partial charge in [0.05, 0.1) is 6.54 Å². The zero-order valence-corrected chi connectivity index (χ0v) is 13.8. The van der Waals surface area contributed by atoms with E-state index in [4.69, 9.17) is 0 Å². The smallest absolute Gasteiger partial charge is 0.324 e. The maximum atomic E-state index is 11.6. The molecule has 3 amide bonds. The second kappa shape index (κ2) is 6.48. The molecule has 1 aromatic carbocycles. The standard InChI is InChI=1S/C17H25N3O2/c1-12-6-5-7-13(10-12)15(17(2,3)4)18-8-9-20-14(21)11-19-16(20)22/h5-7,10,15,18H,8-9,11H2,1-4H3,(H,19,22). The number of carbonyl (C=O) groups excluding carboxylic acids is 2. The van der Waals surface area contributed by atoms with E-state index in [1.165, 1.54) is 16.0 Å². The summed E-state index contributed by atoms with van der Waals surface area (Å²) < 4.78 is 0. The van der Waals surface area contributed by atoms with Crippen LogP contribution >= 0.6 is 0 Å². The van der Waals surface area contributed by atoms with Gasteiger partial charge >= 0.3 is 6.03 Å². The van der Waals surface area contributed by atoms with Crippen LogP contribution in [-0.4, -0.2) is 36.5 Å². The Labute approximate surface area is 132 Å². The average molecular weight is 303 g/mol. The first-order valence-electron chi connectivity index (χ1n) is 7.67. The largest absolute Gasteiger partial charge is 0.329 e. The number of urea groups is 1. The Morgan fingerprint density at radius 3 is 2.59 bits per heavy atom. The predicted octanol–water partition coefficient (Wildman–Crippen LogP) is 2.22. The summed E-state index contributed by atoms with van der Waals surface area (Å²) in [5.74, 6) is -0.158. The monoisotopic (exact) mass is 303 g/mol. The minimum atomic E-state index is -0.297. The first-order valence-corrected chi connectivity index (χ1v) is 7.67. The van der Waals surface area contributed by atoms with Gasteiger partial charge in [-0.15, -0.1) is 0 Å². The van der Waals surface area contributed by atoms with Gasteiger partial charge in [-0.2, -0.15) is 0 Å². The summed E-state index contributed by atoms with van der Waals surface area (Å²) in [6.45, 7) is 9.70. The summed E-state index contributed by atoms with van der Waals surface area (Å²) in [6, 6.07) is 8.29. The summed E-state index contributed by atoms with van der Waals surface area (Å²) >= 11 is 0. The van der Waals surface area contributed by atoms with Crippen LogP contribution < -0.4 is 10.6 Å². The zero-order valence-electron chi connectivity index (χ0n) is 13.8. The van der Waals surface area contributed by atoms with Crippen LogP contribution in [0.2, 0.25) is 0 Å². The SMILES string of the molecule is Cc1cccc(C(NCCN2C(=O)CNC2=O)C(C)(C)C)c1. The van der Waals surface area contributed by atoms with Crippen LogP contribution in [0, 0.1) is 12.3 Å². The third-order valence-corrected chi connectivity index (χ3v) is 3.86. The number of rotatable bonds is 5. The Balaban J connectivity index is 2.02. The Morgan fingerprint density at radius 1 is 1.32 bits per heavy atom. The minimum absolute atomic E-state index is 0.0328. The van der Waals surface area contributed by atoms with Crippen LogP contribution in [0.5, 0.6) is 0 Å². The van der Waals surface area contributed by atoms with Crippen molar-refractivity contribution in [3.63, 3.8) is 0 Å². The minimum Gasteiger partial charge on any atom is -0.329 e. The molecule has 2 rings (SSSR count). The number of hydrogen-bond donors (Lipinski definition) is 2. The van der Waals surface area contributed by atoms with Crippen molar-refractivity contribution in [1.29, 1.82) is 0 Å². The Kier molecular flexibility index (Phi) is 4.86. The molecule has 1 saturated heterocycles. The second-order valence-electron chi connectivity index (χ2n) is 6.87. The molecule has 1 unspecified atom stereocenters. The van der Waals surface area contributed by atoms with E-state index in [0.29, 0.717) is 13.1 Å². The summed E-state index contributed by atoms with van der Waals surface area (Å²) in [5.41, 5.74) is 2.48. The van der Waals surface area contributed by atoms with Gasteiger partial charge in [0.15, 0.2) is 0 Å². The fourth-order valence-electron chi connectivity index (χ4n) is 2.78. The average Bonchev–Trinajstić information content (AvgIpc) is 2.73. The molecular weight excluding hydrogens is 278 g/mol. The molecule has 1 aromatic rings. The van der Waals surface area contributed by atoms with Crippen LogP contribution in [0.1, 0.15) is 37.9 Å². The van der Waals surface area contributed by atoms with Crippen LogP contribution in [0.15, 0.2) is 24.3 Å². The molecule has 5 heteroatoms. The number of aryl methyl sites for hydroxylation is 1. The van der Waals surface area contributed by atoms with Crippen LogP contribution in [0.4, 0.5) is 4.79 Å². The molecule has 0 spiro atoms. The summed E-state index contributed by atoms with van der Waals surface area (Å²) in [7, 11) is 0. The number of imide groups is 1. The maximum absolute atomic E-state index is 11.6. The lowest BCUT2D eigenvalue weighted by Gasteiger charge is -2.33. The lowest BCUT2D eigenvalue weighted by Crippen LogP contribution is -2.40. The van der Waals surface area contributed by atoms with Gasteiger partial charge < -0.3 is 10.6 Å². The summed E-state index contributed by atoms with van der Waals surface area (Å²) in [6.07, 6.45) is 0. The third-order valence-electron chi connectivity index (χ3n) is 3.86. The molecule has 120 valence electrons. The highest BCUT2D eigenvalue weighted by Gasteiger charge is 2.29. The summed E-state index contributed by atoms with van der Waals surface area (Å²) in [5, 5.41) is 6.03. The molecule has 1 atom stereocenters. The van der Waals surface area contributed by atoms with E-state index in [9.17, 15) is 9.59 Å². The fourth-order valence-corrected chi connectivity index (χ4v) is 2.78. The van der Waals surface area contributed by atoms with Crippen molar-refractivity contribution in [3.05, 3.63) is 35.4 Å². The van der Waals surface area contributed by atoms with E-state index in [-0.39, 0.29) is 29.9 Å². The first kappa shape index (κ1) is 16.5. The molecule has 5 nitrogen and oxygen atoms in total. The van der Waals surface area contributed by atoms with Gasteiger partial charge in [-0.25, -0.2) is 4.79 Å². The molecule has 1 aliphatic rings. The van der Waals surface area contributed by atoms with Gasteiger partial charge in [0, 0.05) is 19.1 Å². The molecule has 0 aliphatic carbocycles. The lowest BCUT2D eigenvalue weighted by molar-refractivity contribution is -0.124. The van der Waals surface area contributed by atoms with Crippen molar-refractivity contribution in [2.45, 2.75) is 33.7 Å². The lowest BCUT2D eigenvalue weighted by atomic mass is 9.82. The molecule has 0 saturated carbocycles. The second-order valence-corrected chi connectivity index (χ2v) is 6.87. The highest BCUT2D eigenvalue weighted by molar-refractivity contribution is 6.01. The maximum Gasteiger partial charge on any atom is 0.324 e. The van der Waals surface area contributed by atoms with Crippen LogP contribution in [0.3, 0.4) is 0 Å². The number of nitrogens with zero attached hydrogens (tertiary/aromatic N) is 1. The van der Waals surface area contributed by atoms with Crippen molar-refractivity contribution < 1.29 is 9.59 Å². The van der Waals surface area contributed by atoms with Crippen molar-refractivity contribution >= 4 is 11.9 Å². The molecule has 0 aromatic heterocycles. The van der Waals surface area contributed by atoms with Crippen molar-refractivity contribution in [2.75, 3.05) is 19.6 Å². The van der Waals surface area contributed by atoms with E-state index in [1.807, 2.05) is 0 Å². The third kappa shape index (κ3) is 3.85. The number of carbonyl (C=O) groups is 2. The molecule has 22 heavy (non-hydrogen) atoms. The van der Waals surface area contributed by atoms with Crippen molar-refractivity contribution in [2.24, 2.45) is 5.41 Å². The molecule has 0 bridgehead atoms. The van der Waals surface area contributed by atoms with E-state index in [0.717, 1.165) is 0 Å². The molecular formula is C17H25N3O2. The molecule has 1 fully saturated rings. The Morgan fingerprint density at radius 2 is 2.05 bits per heavy atom.